The van der Waals surface area contributed by atoms with Crippen LogP contribution in [-0.2, 0) is 6.42 Å². The average molecular weight is 321 g/mol. The molecule has 1 aromatic carbocycles. The van der Waals surface area contributed by atoms with Gasteiger partial charge in [-0.05, 0) is 54.5 Å². The predicted molar refractivity (Wildman–Crippen MR) is 91.1 cm³/mol. The maximum Gasteiger partial charge on any atom is 0.0477 e. The van der Waals surface area contributed by atoms with Crippen molar-refractivity contribution in [1.29, 1.82) is 0 Å². The van der Waals surface area contributed by atoms with Crippen molar-refractivity contribution in [1.82, 2.24) is 4.90 Å². The van der Waals surface area contributed by atoms with Crippen LogP contribution in [0, 0.1) is 6.92 Å². The minimum absolute atomic E-state index is 0.228. The second-order valence-corrected chi connectivity index (χ2v) is 7.13. The summed E-state index contributed by atoms with van der Waals surface area (Å²) in [6, 6.07) is 9.22. The first-order valence-electron chi connectivity index (χ1n) is 7.40. The summed E-state index contributed by atoms with van der Waals surface area (Å²) in [6.45, 7) is 5.99. The molecule has 0 saturated carbocycles. The Kier molecular flexibility index (Phi) is 4.36. The number of rotatable bonds is 3. The van der Waals surface area contributed by atoms with Crippen LogP contribution < -0.4 is 5.73 Å². The van der Waals surface area contributed by atoms with E-state index in [1.54, 1.807) is 0 Å². The molecule has 2 nitrogen and oxygen atoms in total. The maximum atomic E-state index is 6.30. The second kappa shape index (κ2) is 6.09. The van der Waals surface area contributed by atoms with Gasteiger partial charge in [-0.15, -0.1) is 11.3 Å². The Balaban J connectivity index is 1.92. The van der Waals surface area contributed by atoms with Gasteiger partial charge in [-0.3, -0.25) is 4.90 Å². The summed E-state index contributed by atoms with van der Waals surface area (Å²) in [4.78, 5) is 4.03. The van der Waals surface area contributed by atoms with Gasteiger partial charge in [0.2, 0.25) is 0 Å². The number of nitrogens with two attached hydrogens (primary N) is 1. The van der Waals surface area contributed by atoms with Crippen LogP contribution >= 0.6 is 22.9 Å². The van der Waals surface area contributed by atoms with E-state index in [1.807, 2.05) is 18.3 Å². The number of benzene rings is 1. The van der Waals surface area contributed by atoms with Crippen molar-refractivity contribution in [2.75, 3.05) is 13.1 Å². The van der Waals surface area contributed by atoms with E-state index in [2.05, 4.69) is 41.5 Å². The molecular formula is C17H21ClN2S. The first kappa shape index (κ1) is 15.0. The van der Waals surface area contributed by atoms with E-state index in [1.165, 1.54) is 16.0 Å². The highest BCUT2D eigenvalue weighted by Crippen LogP contribution is 2.38. The number of thiophene rings is 1. The Morgan fingerprint density at radius 1 is 1.43 bits per heavy atom. The SMILES string of the molecule is Cc1ccc(C(CN)N2CCc3sccc3C2C)cc1Cl. The van der Waals surface area contributed by atoms with Crippen LogP contribution in [0.25, 0.3) is 0 Å². The summed E-state index contributed by atoms with van der Waals surface area (Å²) in [5, 5.41) is 3.03. The van der Waals surface area contributed by atoms with Gasteiger partial charge in [0.25, 0.3) is 0 Å². The molecule has 0 amide bonds. The average Bonchev–Trinajstić information content (AvgIpc) is 2.95. The Morgan fingerprint density at radius 3 is 2.95 bits per heavy atom. The number of hydrogen-bond donors (Lipinski definition) is 1. The van der Waals surface area contributed by atoms with E-state index in [0.717, 1.165) is 23.6 Å². The Morgan fingerprint density at radius 2 is 2.24 bits per heavy atom. The fraction of sp³-hybridized carbons (Fsp3) is 0.412. The fourth-order valence-electron chi connectivity index (χ4n) is 3.23. The zero-order valence-corrected chi connectivity index (χ0v) is 14.0. The zero-order valence-electron chi connectivity index (χ0n) is 12.5. The van der Waals surface area contributed by atoms with Crippen molar-refractivity contribution in [3.63, 3.8) is 0 Å². The highest BCUT2D eigenvalue weighted by Gasteiger charge is 2.30. The smallest absolute Gasteiger partial charge is 0.0477 e. The highest BCUT2D eigenvalue weighted by molar-refractivity contribution is 7.10. The largest absolute Gasteiger partial charge is 0.329 e. The van der Waals surface area contributed by atoms with E-state index in [9.17, 15) is 0 Å². The van der Waals surface area contributed by atoms with Crippen molar-refractivity contribution in [3.8, 4) is 0 Å². The van der Waals surface area contributed by atoms with Crippen LogP contribution in [0.5, 0.6) is 0 Å². The number of halogens is 1. The third-order valence-corrected chi connectivity index (χ3v) is 5.93. The van der Waals surface area contributed by atoms with Crippen molar-refractivity contribution >= 4 is 22.9 Å². The quantitative estimate of drug-likeness (QED) is 0.912. The van der Waals surface area contributed by atoms with Gasteiger partial charge in [-0.25, -0.2) is 0 Å². The lowest BCUT2D eigenvalue weighted by Gasteiger charge is -2.39. The minimum atomic E-state index is 0.228. The molecule has 0 saturated heterocycles. The number of nitrogens with zero attached hydrogens (tertiary/aromatic N) is 1. The molecule has 1 aliphatic rings. The van der Waals surface area contributed by atoms with Gasteiger partial charge in [-0.1, -0.05) is 23.7 Å². The minimum Gasteiger partial charge on any atom is -0.329 e. The molecule has 2 unspecified atom stereocenters. The molecule has 1 aromatic heterocycles. The topological polar surface area (TPSA) is 29.3 Å². The van der Waals surface area contributed by atoms with Gasteiger partial charge in [0.05, 0.1) is 0 Å². The maximum absolute atomic E-state index is 6.30. The van der Waals surface area contributed by atoms with E-state index in [0.29, 0.717) is 12.6 Å². The standard InChI is InChI=1S/C17H21ClN2S/c1-11-3-4-13(9-15(11)18)16(10-19)20-7-5-17-14(12(20)2)6-8-21-17/h3-4,6,8-9,12,16H,5,7,10,19H2,1-2H3. The molecule has 0 aliphatic carbocycles. The van der Waals surface area contributed by atoms with E-state index in [4.69, 9.17) is 17.3 Å². The third-order valence-electron chi connectivity index (χ3n) is 4.53. The first-order valence-corrected chi connectivity index (χ1v) is 8.65. The summed E-state index contributed by atoms with van der Waals surface area (Å²) < 4.78 is 0. The first-order chi connectivity index (χ1) is 10.1. The van der Waals surface area contributed by atoms with Crippen molar-refractivity contribution in [2.45, 2.75) is 32.4 Å². The number of hydrogen-bond acceptors (Lipinski definition) is 3. The van der Waals surface area contributed by atoms with Crippen molar-refractivity contribution in [3.05, 3.63) is 56.2 Å². The van der Waals surface area contributed by atoms with Crippen molar-refractivity contribution < 1.29 is 0 Å². The van der Waals surface area contributed by atoms with Crippen LogP contribution in [0.2, 0.25) is 5.02 Å². The van der Waals surface area contributed by atoms with Crippen LogP contribution in [0.3, 0.4) is 0 Å². The molecule has 2 atom stereocenters. The Hall–Kier alpha value is -0.870. The number of aryl methyl sites for hydroxylation is 1. The molecule has 0 bridgehead atoms. The molecule has 0 spiro atoms. The van der Waals surface area contributed by atoms with E-state index in [-0.39, 0.29) is 6.04 Å². The molecule has 0 radical (unpaired) electrons. The molecule has 0 fully saturated rings. The fourth-order valence-corrected chi connectivity index (χ4v) is 4.39. The van der Waals surface area contributed by atoms with Crippen LogP contribution in [0.1, 0.15) is 40.6 Å². The van der Waals surface area contributed by atoms with Crippen LogP contribution in [-0.4, -0.2) is 18.0 Å². The molecule has 4 heteroatoms. The molecular weight excluding hydrogens is 300 g/mol. The zero-order chi connectivity index (χ0) is 15.0. The van der Waals surface area contributed by atoms with Crippen LogP contribution in [0.15, 0.2) is 29.6 Å². The molecule has 2 aromatic rings. The summed E-state index contributed by atoms with van der Waals surface area (Å²) in [7, 11) is 0. The lowest BCUT2D eigenvalue weighted by molar-refractivity contribution is 0.139. The number of fused-ring (bicyclic) bond motifs is 1. The van der Waals surface area contributed by atoms with Gasteiger partial charge in [0.15, 0.2) is 0 Å². The summed E-state index contributed by atoms with van der Waals surface area (Å²) in [5.74, 6) is 0. The predicted octanol–water partition coefficient (Wildman–Crippen LogP) is 4.33. The van der Waals surface area contributed by atoms with Gasteiger partial charge >= 0.3 is 0 Å². The molecule has 21 heavy (non-hydrogen) atoms. The lowest BCUT2D eigenvalue weighted by atomic mass is 9.95. The van der Waals surface area contributed by atoms with Gasteiger partial charge < -0.3 is 5.73 Å². The molecule has 1 aliphatic heterocycles. The molecule has 2 N–H and O–H groups in total. The molecule has 112 valence electrons. The molecule has 2 heterocycles. The summed E-state index contributed by atoms with van der Waals surface area (Å²) >= 11 is 8.17. The Bertz CT molecular complexity index is 637. The van der Waals surface area contributed by atoms with Crippen LogP contribution in [0.4, 0.5) is 0 Å². The second-order valence-electron chi connectivity index (χ2n) is 5.72. The monoisotopic (exact) mass is 320 g/mol. The normalized spacial score (nSPS) is 20.3. The Labute approximate surface area is 135 Å². The van der Waals surface area contributed by atoms with E-state index < -0.39 is 0 Å². The van der Waals surface area contributed by atoms with Gasteiger partial charge in [0.1, 0.15) is 0 Å². The van der Waals surface area contributed by atoms with E-state index >= 15 is 0 Å². The van der Waals surface area contributed by atoms with Gasteiger partial charge in [0, 0.05) is 35.1 Å². The van der Waals surface area contributed by atoms with Gasteiger partial charge in [-0.2, -0.15) is 0 Å². The highest BCUT2D eigenvalue weighted by atomic mass is 35.5. The molecule has 3 rings (SSSR count). The van der Waals surface area contributed by atoms with Crippen molar-refractivity contribution in [2.24, 2.45) is 5.73 Å². The third kappa shape index (κ3) is 2.76. The summed E-state index contributed by atoms with van der Waals surface area (Å²) in [6.07, 6.45) is 1.12. The lowest BCUT2D eigenvalue weighted by Crippen LogP contribution is -2.39. The summed E-state index contributed by atoms with van der Waals surface area (Å²) in [5.41, 5.74) is 9.89.